The molecule has 1 heterocycles. The van der Waals surface area contributed by atoms with E-state index in [1.165, 1.54) is 0 Å². The molecule has 86 valence electrons. The zero-order valence-electron chi connectivity index (χ0n) is 8.78. The van der Waals surface area contributed by atoms with E-state index in [2.05, 4.69) is 15.2 Å². The summed E-state index contributed by atoms with van der Waals surface area (Å²) in [4.78, 5) is 0. The van der Waals surface area contributed by atoms with Crippen molar-refractivity contribution >= 4 is 10.0 Å². The summed E-state index contributed by atoms with van der Waals surface area (Å²) in [6.07, 6.45) is 0. The molecule has 0 spiro atoms. The number of nitrogens with one attached hydrogen (secondary N) is 2. The molecule has 0 unspecified atom stereocenters. The molecular formula is C8H15N3O3S. The van der Waals surface area contributed by atoms with Gasteiger partial charge in [0.05, 0.1) is 18.0 Å². The summed E-state index contributed by atoms with van der Waals surface area (Å²) in [5.41, 5.74) is 0.736. The van der Waals surface area contributed by atoms with Crippen LogP contribution in [0.2, 0.25) is 0 Å². The van der Waals surface area contributed by atoms with Crippen molar-refractivity contribution in [2.75, 3.05) is 19.3 Å². The van der Waals surface area contributed by atoms with Gasteiger partial charge in [-0.3, -0.25) is 0 Å². The average Bonchev–Trinajstić information content (AvgIpc) is 2.59. The van der Waals surface area contributed by atoms with Crippen LogP contribution in [0, 0.1) is 6.92 Å². The van der Waals surface area contributed by atoms with Crippen molar-refractivity contribution in [2.45, 2.75) is 13.5 Å². The Kier molecular flexibility index (Phi) is 4.25. The van der Waals surface area contributed by atoms with Crippen molar-refractivity contribution in [3.63, 3.8) is 0 Å². The summed E-state index contributed by atoms with van der Waals surface area (Å²) in [5, 5.41) is 6.43. The number of aryl methyl sites for hydroxylation is 1. The molecule has 0 bridgehead atoms. The van der Waals surface area contributed by atoms with Crippen LogP contribution in [0.25, 0.3) is 0 Å². The van der Waals surface area contributed by atoms with Gasteiger partial charge in [0, 0.05) is 12.6 Å². The quantitative estimate of drug-likeness (QED) is 0.700. The molecule has 0 fully saturated rings. The molecular weight excluding hydrogens is 218 g/mol. The number of rotatable bonds is 6. The molecule has 6 nitrogen and oxygen atoms in total. The largest absolute Gasteiger partial charge is 0.360 e. The van der Waals surface area contributed by atoms with Crippen molar-refractivity contribution in [3.8, 4) is 0 Å². The molecule has 0 saturated carbocycles. The summed E-state index contributed by atoms with van der Waals surface area (Å²) in [5.74, 6) is 0.567. The van der Waals surface area contributed by atoms with Gasteiger partial charge in [-0.05, 0) is 14.0 Å². The van der Waals surface area contributed by atoms with Crippen LogP contribution >= 0.6 is 0 Å². The predicted molar refractivity (Wildman–Crippen MR) is 55.8 cm³/mol. The average molecular weight is 233 g/mol. The minimum Gasteiger partial charge on any atom is -0.360 e. The van der Waals surface area contributed by atoms with E-state index in [1.54, 1.807) is 20.0 Å². The molecule has 1 rings (SSSR count). The highest BCUT2D eigenvalue weighted by molar-refractivity contribution is 7.89. The lowest BCUT2D eigenvalue weighted by Crippen LogP contribution is -2.30. The maximum Gasteiger partial charge on any atom is 0.213 e. The smallest absolute Gasteiger partial charge is 0.213 e. The Balaban J connectivity index is 2.42. The van der Waals surface area contributed by atoms with Gasteiger partial charge >= 0.3 is 0 Å². The highest BCUT2D eigenvalue weighted by Crippen LogP contribution is 2.01. The topological polar surface area (TPSA) is 84.2 Å². The summed E-state index contributed by atoms with van der Waals surface area (Å²) >= 11 is 0. The van der Waals surface area contributed by atoms with E-state index < -0.39 is 10.0 Å². The number of hydrogen-bond donors (Lipinski definition) is 2. The number of aromatic nitrogens is 1. The van der Waals surface area contributed by atoms with E-state index in [1.807, 2.05) is 0 Å². The Labute approximate surface area is 89.1 Å². The van der Waals surface area contributed by atoms with Crippen LogP contribution in [0.5, 0.6) is 0 Å². The normalized spacial score (nSPS) is 11.9. The number of nitrogens with zero attached hydrogens (tertiary/aromatic N) is 1. The Bertz CT molecular complexity index is 399. The maximum atomic E-state index is 11.4. The molecule has 0 radical (unpaired) electrons. The molecule has 0 saturated heterocycles. The molecule has 2 N–H and O–H groups in total. The fraction of sp³-hybridized carbons (Fsp3) is 0.625. The molecule has 0 amide bonds. The first-order valence-corrected chi connectivity index (χ1v) is 6.23. The second-order valence-corrected chi connectivity index (χ2v) is 5.10. The molecule has 7 heteroatoms. The third kappa shape index (κ3) is 4.41. The van der Waals surface area contributed by atoms with Crippen molar-refractivity contribution in [1.82, 2.24) is 15.2 Å². The lowest BCUT2D eigenvalue weighted by molar-refractivity contribution is 0.377. The van der Waals surface area contributed by atoms with E-state index in [-0.39, 0.29) is 12.3 Å². The van der Waals surface area contributed by atoms with E-state index in [0.29, 0.717) is 12.3 Å². The molecule has 1 aromatic heterocycles. The predicted octanol–water partition coefficient (Wildman–Crippen LogP) is -0.378. The molecule has 15 heavy (non-hydrogen) atoms. The van der Waals surface area contributed by atoms with E-state index in [0.717, 1.165) is 5.69 Å². The second-order valence-electron chi connectivity index (χ2n) is 3.18. The van der Waals surface area contributed by atoms with Crippen LogP contribution < -0.4 is 10.0 Å². The number of hydrogen-bond acceptors (Lipinski definition) is 5. The summed E-state index contributed by atoms with van der Waals surface area (Å²) in [6, 6.07) is 1.70. The monoisotopic (exact) mass is 233 g/mol. The van der Waals surface area contributed by atoms with Crippen LogP contribution in [-0.2, 0) is 16.6 Å². The van der Waals surface area contributed by atoms with Gasteiger partial charge in [-0.15, -0.1) is 0 Å². The van der Waals surface area contributed by atoms with Crippen molar-refractivity contribution < 1.29 is 12.9 Å². The lowest BCUT2D eigenvalue weighted by atomic mass is 10.4. The third-order valence-electron chi connectivity index (χ3n) is 1.76. The van der Waals surface area contributed by atoms with Gasteiger partial charge < -0.3 is 9.84 Å². The molecule has 1 aromatic rings. The minimum absolute atomic E-state index is 0.0522. The fourth-order valence-corrected chi connectivity index (χ4v) is 1.97. The van der Waals surface area contributed by atoms with Crippen molar-refractivity contribution in [1.29, 1.82) is 0 Å². The standard InChI is InChI=1S/C8H15N3O3S/c1-7-5-8(14-11-7)6-10-15(12,13)4-3-9-2/h5,9-10H,3-4,6H2,1-2H3. The van der Waals surface area contributed by atoms with E-state index in [4.69, 9.17) is 4.52 Å². The van der Waals surface area contributed by atoms with Crippen LogP contribution in [0.4, 0.5) is 0 Å². The minimum atomic E-state index is -3.23. The third-order valence-corrected chi connectivity index (χ3v) is 3.09. The lowest BCUT2D eigenvalue weighted by Gasteiger charge is -2.03. The molecule has 0 aromatic carbocycles. The number of sulfonamides is 1. The van der Waals surface area contributed by atoms with E-state index in [9.17, 15) is 8.42 Å². The van der Waals surface area contributed by atoms with Gasteiger partial charge in [0.25, 0.3) is 0 Å². The van der Waals surface area contributed by atoms with Gasteiger partial charge in [0.1, 0.15) is 0 Å². The van der Waals surface area contributed by atoms with Crippen LogP contribution in [0.1, 0.15) is 11.5 Å². The summed E-state index contributed by atoms with van der Waals surface area (Å²) < 4.78 is 30.0. The SMILES string of the molecule is CNCCS(=O)(=O)NCc1cc(C)no1. The Morgan fingerprint density at radius 3 is 2.80 bits per heavy atom. The zero-order chi connectivity index (χ0) is 11.3. The maximum absolute atomic E-state index is 11.4. The van der Waals surface area contributed by atoms with Gasteiger partial charge in [-0.2, -0.15) is 0 Å². The highest BCUT2D eigenvalue weighted by Gasteiger charge is 2.10. The van der Waals surface area contributed by atoms with Gasteiger partial charge in [0.15, 0.2) is 5.76 Å². The van der Waals surface area contributed by atoms with Crippen LogP contribution in [0.15, 0.2) is 10.6 Å². The molecule has 0 aliphatic heterocycles. The van der Waals surface area contributed by atoms with Crippen LogP contribution in [-0.4, -0.2) is 32.9 Å². The molecule has 0 aliphatic carbocycles. The van der Waals surface area contributed by atoms with E-state index >= 15 is 0 Å². The van der Waals surface area contributed by atoms with Gasteiger partial charge in [0.2, 0.25) is 10.0 Å². The Morgan fingerprint density at radius 2 is 2.27 bits per heavy atom. The first-order chi connectivity index (χ1) is 7.03. The Hall–Kier alpha value is -0.920. The van der Waals surface area contributed by atoms with Crippen LogP contribution in [0.3, 0.4) is 0 Å². The summed E-state index contributed by atoms with van der Waals surface area (Å²) in [7, 11) is -1.53. The molecule has 0 atom stereocenters. The summed E-state index contributed by atoms with van der Waals surface area (Å²) in [6.45, 7) is 2.35. The van der Waals surface area contributed by atoms with Crippen molar-refractivity contribution in [3.05, 3.63) is 17.5 Å². The second kappa shape index (κ2) is 5.24. The fourth-order valence-electron chi connectivity index (χ4n) is 0.989. The highest BCUT2D eigenvalue weighted by atomic mass is 32.2. The van der Waals surface area contributed by atoms with Gasteiger partial charge in [-0.1, -0.05) is 5.16 Å². The van der Waals surface area contributed by atoms with Crippen molar-refractivity contribution in [2.24, 2.45) is 0 Å². The zero-order valence-corrected chi connectivity index (χ0v) is 9.60. The van der Waals surface area contributed by atoms with Gasteiger partial charge in [-0.25, -0.2) is 13.1 Å². The Morgan fingerprint density at radius 1 is 1.53 bits per heavy atom. The first-order valence-electron chi connectivity index (χ1n) is 4.57. The first kappa shape index (κ1) is 12.2. The molecule has 0 aliphatic rings.